The molecular formula is C11H14NO. The molecule has 0 saturated heterocycles. The largest absolute Gasteiger partial charge is 0.494 e. The highest BCUT2D eigenvalue weighted by Gasteiger charge is 2.35. The molecule has 1 radical (unpaired) electrons. The summed E-state index contributed by atoms with van der Waals surface area (Å²) in [5.41, 5.74) is 8.77. The van der Waals surface area contributed by atoms with E-state index in [0.717, 1.165) is 12.2 Å². The van der Waals surface area contributed by atoms with Crippen LogP contribution in [0.5, 0.6) is 5.75 Å². The van der Waals surface area contributed by atoms with Gasteiger partial charge in [-0.15, -0.1) is 0 Å². The Kier molecular flexibility index (Phi) is 2.23. The average molecular weight is 176 g/mol. The Labute approximate surface area is 78.7 Å². The summed E-state index contributed by atoms with van der Waals surface area (Å²) in [6.07, 6.45) is 1.02. The maximum absolute atomic E-state index is 7.49. The lowest BCUT2D eigenvalue weighted by Crippen LogP contribution is -1.92. The van der Waals surface area contributed by atoms with E-state index in [1.54, 1.807) is 0 Å². The van der Waals surface area contributed by atoms with Crippen LogP contribution in [0.3, 0.4) is 0 Å². The van der Waals surface area contributed by atoms with Gasteiger partial charge in [0.25, 0.3) is 0 Å². The van der Waals surface area contributed by atoms with Crippen molar-refractivity contribution in [3.8, 4) is 5.75 Å². The van der Waals surface area contributed by atoms with Gasteiger partial charge >= 0.3 is 0 Å². The fourth-order valence-electron chi connectivity index (χ4n) is 1.54. The van der Waals surface area contributed by atoms with Gasteiger partial charge in [0.15, 0.2) is 0 Å². The fourth-order valence-corrected chi connectivity index (χ4v) is 1.54. The summed E-state index contributed by atoms with van der Waals surface area (Å²) >= 11 is 0. The van der Waals surface area contributed by atoms with Gasteiger partial charge in [0.05, 0.1) is 6.61 Å². The zero-order valence-electron chi connectivity index (χ0n) is 7.79. The number of hydrogen-bond acceptors (Lipinski definition) is 1. The second kappa shape index (κ2) is 3.38. The van der Waals surface area contributed by atoms with Crippen molar-refractivity contribution in [1.82, 2.24) is 5.73 Å². The fraction of sp³-hybridized carbons (Fsp3) is 0.455. The molecule has 0 spiro atoms. The van der Waals surface area contributed by atoms with Crippen molar-refractivity contribution in [3.05, 3.63) is 29.8 Å². The van der Waals surface area contributed by atoms with Crippen LogP contribution >= 0.6 is 0 Å². The van der Waals surface area contributed by atoms with E-state index >= 15 is 0 Å². The van der Waals surface area contributed by atoms with Gasteiger partial charge in [0.2, 0.25) is 0 Å². The minimum absolute atomic E-state index is 0.137. The van der Waals surface area contributed by atoms with Crippen LogP contribution in [0, 0.1) is 0 Å². The summed E-state index contributed by atoms with van der Waals surface area (Å²) < 4.78 is 5.34. The Morgan fingerprint density at radius 2 is 2.00 bits per heavy atom. The first-order chi connectivity index (χ1) is 6.31. The van der Waals surface area contributed by atoms with Gasteiger partial charge in [-0.05, 0) is 31.0 Å². The molecule has 0 bridgehead atoms. The number of rotatable bonds is 3. The van der Waals surface area contributed by atoms with Crippen molar-refractivity contribution < 1.29 is 4.74 Å². The van der Waals surface area contributed by atoms with Crippen LogP contribution in [0.4, 0.5) is 0 Å². The molecule has 0 aliphatic heterocycles. The molecule has 1 aliphatic rings. The summed E-state index contributed by atoms with van der Waals surface area (Å²) in [5, 5.41) is 0. The molecule has 1 aliphatic carbocycles. The molecule has 0 heterocycles. The number of ether oxygens (including phenoxy) is 1. The molecular weight excluding hydrogens is 162 g/mol. The van der Waals surface area contributed by atoms with Gasteiger partial charge in [0, 0.05) is 12.0 Å². The normalized spacial score (nSPS) is 25.7. The standard InChI is InChI=1S/C11H14NO/c1-2-13-9-5-3-8(4-6-9)10-7-11(10)12/h3-6,10-12H,2,7H2,1H3. The van der Waals surface area contributed by atoms with Crippen LogP contribution in [-0.4, -0.2) is 12.6 Å². The molecule has 1 aromatic carbocycles. The van der Waals surface area contributed by atoms with E-state index in [0.29, 0.717) is 12.5 Å². The number of hydrogen-bond donors (Lipinski definition) is 0. The van der Waals surface area contributed by atoms with Crippen molar-refractivity contribution in [1.29, 1.82) is 0 Å². The van der Waals surface area contributed by atoms with Gasteiger partial charge < -0.3 is 4.74 Å². The van der Waals surface area contributed by atoms with Gasteiger partial charge in [-0.1, -0.05) is 12.1 Å². The smallest absolute Gasteiger partial charge is 0.119 e. The summed E-state index contributed by atoms with van der Waals surface area (Å²) in [4.78, 5) is 0. The highest BCUT2D eigenvalue weighted by molar-refractivity contribution is 5.33. The third-order valence-electron chi connectivity index (χ3n) is 2.41. The second-order valence-electron chi connectivity index (χ2n) is 3.45. The Hall–Kier alpha value is -1.02. The first-order valence-corrected chi connectivity index (χ1v) is 4.75. The summed E-state index contributed by atoms with van der Waals surface area (Å²) in [7, 11) is 0. The maximum Gasteiger partial charge on any atom is 0.119 e. The molecule has 13 heavy (non-hydrogen) atoms. The van der Waals surface area contributed by atoms with E-state index in [1.807, 2.05) is 19.1 Å². The van der Waals surface area contributed by atoms with E-state index < -0.39 is 0 Å². The highest BCUT2D eigenvalue weighted by atomic mass is 16.5. The van der Waals surface area contributed by atoms with Crippen LogP contribution in [0.25, 0.3) is 0 Å². The van der Waals surface area contributed by atoms with Gasteiger partial charge in [0.1, 0.15) is 5.75 Å². The van der Waals surface area contributed by atoms with E-state index in [4.69, 9.17) is 10.5 Å². The molecule has 2 nitrogen and oxygen atoms in total. The Bertz CT molecular complexity index is 281. The average Bonchev–Trinajstić information content (AvgIpc) is 2.85. The van der Waals surface area contributed by atoms with Crippen molar-refractivity contribution in [2.75, 3.05) is 6.61 Å². The third-order valence-corrected chi connectivity index (χ3v) is 2.41. The minimum atomic E-state index is 0.137. The molecule has 1 N–H and O–H groups in total. The SMILES string of the molecule is CCOc1ccc(C2CC2[NH])cc1. The topological polar surface area (TPSA) is 33.0 Å². The Balaban J connectivity index is 2.06. The van der Waals surface area contributed by atoms with Gasteiger partial charge in [-0.25, -0.2) is 0 Å². The molecule has 2 unspecified atom stereocenters. The molecule has 2 rings (SSSR count). The lowest BCUT2D eigenvalue weighted by Gasteiger charge is -2.03. The Morgan fingerprint density at radius 3 is 2.46 bits per heavy atom. The molecule has 1 saturated carbocycles. The van der Waals surface area contributed by atoms with Crippen LogP contribution in [0.15, 0.2) is 24.3 Å². The van der Waals surface area contributed by atoms with E-state index in [-0.39, 0.29) is 6.04 Å². The molecule has 0 aromatic heterocycles. The van der Waals surface area contributed by atoms with Crippen molar-refractivity contribution in [2.24, 2.45) is 0 Å². The van der Waals surface area contributed by atoms with Crippen LogP contribution < -0.4 is 10.5 Å². The van der Waals surface area contributed by atoms with E-state index in [9.17, 15) is 0 Å². The van der Waals surface area contributed by atoms with Crippen LogP contribution in [0.2, 0.25) is 0 Å². The molecule has 1 fully saturated rings. The third kappa shape index (κ3) is 1.83. The summed E-state index contributed by atoms with van der Waals surface area (Å²) in [6, 6.07) is 8.26. The lowest BCUT2D eigenvalue weighted by atomic mass is 10.1. The predicted molar refractivity (Wildman–Crippen MR) is 51.9 cm³/mol. The number of nitrogens with one attached hydrogen (secondary N) is 1. The minimum Gasteiger partial charge on any atom is -0.494 e. The molecule has 0 amide bonds. The Morgan fingerprint density at radius 1 is 1.38 bits per heavy atom. The zero-order valence-corrected chi connectivity index (χ0v) is 7.79. The quantitative estimate of drug-likeness (QED) is 0.695. The molecule has 69 valence electrons. The summed E-state index contributed by atoms with van der Waals surface area (Å²) in [6.45, 7) is 2.69. The predicted octanol–water partition coefficient (Wildman–Crippen LogP) is 2.22. The molecule has 2 heteroatoms. The first kappa shape index (κ1) is 8.57. The van der Waals surface area contributed by atoms with Gasteiger partial charge in [-0.3, -0.25) is 5.73 Å². The zero-order chi connectivity index (χ0) is 9.26. The number of benzene rings is 1. The highest BCUT2D eigenvalue weighted by Crippen LogP contribution is 2.40. The van der Waals surface area contributed by atoms with Crippen molar-refractivity contribution >= 4 is 0 Å². The van der Waals surface area contributed by atoms with Crippen molar-refractivity contribution in [3.63, 3.8) is 0 Å². The second-order valence-corrected chi connectivity index (χ2v) is 3.45. The van der Waals surface area contributed by atoms with Crippen LogP contribution in [-0.2, 0) is 0 Å². The monoisotopic (exact) mass is 176 g/mol. The van der Waals surface area contributed by atoms with Gasteiger partial charge in [-0.2, -0.15) is 0 Å². The van der Waals surface area contributed by atoms with Crippen molar-refractivity contribution in [2.45, 2.75) is 25.3 Å². The van der Waals surface area contributed by atoms with E-state index in [2.05, 4.69) is 12.1 Å². The molecule has 1 aromatic rings. The first-order valence-electron chi connectivity index (χ1n) is 4.75. The summed E-state index contributed by atoms with van der Waals surface area (Å²) in [5.74, 6) is 1.41. The lowest BCUT2D eigenvalue weighted by molar-refractivity contribution is 0.340. The maximum atomic E-state index is 7.49. The van der Waals surface area contributed by atoms with Crippen LogP contribution in [0.1, 0.15) is 24.8 Å². The molecule has 2 atom stereocenters. The van der Waals surface area contributed by atoms with E-state index in [1.165, 1.54) is 5.56 Å².